The molecule has 0 spiro atoms. The molecule has 0 saturated carbocycles. The molecule has 0 aromatic heterocycles. The summed E-state index contributed by atoms with van der Waals surface area (Å²) in [6.45, 7) is 4.75. The van der Waals surface area contributed by atoms with Crippen molar-refractivity contribution >= 4 is 34.6 Å². The van der Waals surface area contributed by atoms with E-state index < -0.39 is 0 Å². The van der Waals surface area contributed by atoms with E-state index in [2.05, 4.69) is 5.32 Å². The van der Waals surface area contributed by atoms with E-state index in [1.54, 1.807) is 12.1 Å². The molecule has 2 aromatic carbocycles. The first-order valence-electron chi connectivity index (χ1n) is 7.79. The van der Waals surface area contributed by atoms with E-state index in [4.69, 9.17) is 22.1 Å². The molecular formula is C18H20ClN3O2. The van der Waals surface area contributed by atoms with E-state index in [1.807, 2.05) is 43.0 Å². The van der Waals surface area contributed by atoms with E-state index in [9.17, 15) is 4.79 Å². The highest BCUT2D eigenvalue weighted by Gasteiger charge is 2.24. The second-order valence-electron chi connectivity index (χ2n) is 6.04. The maximum Gasteiger partial charge on any atom is 0.243 e. The van der Waals surface area contributed by atoms with Gasteiger partial charge in [-0.15, -0.1) is 0 Å². The van der Waals surface area contributed by atoms with Crippen molar-refractivity contribution in [2.75, 3.05) is 29.0 Å². The van der Waals surface area contributed by atoms with Crippen molar-refractivity contribution in [3.8, 4) is 5.75 Å². The van der Waals surface area contributed by atoms with Crippen LogP contribution in [0.3, 0.4) is 0 Å². The van der Waals surface area contributed by atoms with Gasteiger partial charge in [0.2, 0.25) is 5.91 Å². The molecule has 0 fully saturated rings. The predicted octanol–water partition coefficient (Wildman–Crippen LogP) is 3.46. The number of nitrogens with one attached hydrogen (secondary N) is 1. The van der Waals surface area contributed by atoms with Gasteiger partial charge in [0.25, 0.3) is 0 Å². The molecule has 1 amide bonds. The number of halogens is 1. The van der Waals surface area contributed by atoms with Crippen molar-refractivity contribution in [2.45, 2.75) is 20.0 Å². The third kappa shape index (κ3) is 3.57. The first-order chi connectivity index (χ1) is 11.4. The zero-order valence-corrected chi connectivity index (χ0v) is 14.4. The minimum absolute atomic E-state index is 0.00573. The Morgan fingerprint density at radius 1 is 1.38 bits per heavy atom. The summed E-state index contributed by atoms with van der Waals surface area (Å²) >= 11 is 5.95. The molecule has 0 saturated heterocycles. The Labute approximate surface area is 146 Å². The molecule has 0 radical (unpaired) electrons. The third-order valence-electron chi connectivity index (χ3n) is 3.93. The Hall–Kier alpha value is -2.40. The van der Waals surface area contributed by atoms with Gasteiger partial charge in [-0.1, -0.05) is 11.6 Å². The summed E-state index contributed by atoms with van der Waals surface area (Å²) in [6.07, 6.45) is 0.00573. The summed E-state index contributed by atoms with van der Waals surface area (Å²) in [5.41, 5.74) is 9.05. The number of hydrogen-bond donors (Lipinski definition) is 2. The fourth-order valence-electron chi connectivity index (χ4n) is 2.82. The highest BCUT2D eigenvalue weighted by atomic mass is 35.5. The number of carbonyl (C=O) groups excluding carboxylic acids is 1. The van der Waals surface area contributed by atoms with E-state index >= 15 is 0 Å². The van der Waals surface area contributed by atoms with Crippen LogP contribution in [-0.4, -0.2) is 25.1 Å². The maximum absolute atomic E-state index is 12.5. The standard InChI is InChI=1S/C18H20ClN3O2/c1-11-7-13(19)3-5-15(11)21-18(23)10-22-9-12(2)24-17-6-4-14(20)8-16(17)22/h3-8,12H,9-10,20H2,1-2H3,(H,21,23). The maximum atomic E-state index is 12.5. The van der Waals surface area contributed by atoms with E-state index in [1.165, 1.54) is 0 Å². The minimum Gasteiger partial charge on any atom is -0.487 e. The van der Waals surface area contributed by atoms with Gasteiger partial charge in [-0.3, -0.25) is 4.79 Å². The number of fused-ring (bicyclic) bond motifs is 1. The van der Waals surface area contributed by atoms with Gasteiger partial charge in [-0.25, -0.2) is 0 Å². The topological polar surface area (TPSA) is 67.6 Å². The molecule has 1 aliphatic rings. The van der Waals surface area contributed by atoms with Gasteiger partial charge in [-0.05, 0) is 55.8 Å². The predicted molar refractivity (Wildman–Crippen MR) is 98.0 cm³/mol. The fraction of sp³-hybridized carbons (Fsp3) is 0.278. The quantitative estimate of drug-likeness (QED) is 0.836. The lowest BCUT2D eigenvalue weighted by atomic mass is 10.1. The van der Waals surface area contributed by atoms with Gasteiger partial charge >= 0.3 is 0 Å². The smallest absolute Gasteiger partial charge is 0.243 e. The van der Waals surface area contributed by atoms with Gasteiger partial charge in [0, 0.05) is 16.4 Å². The molecule has 1 atom stereocenters. The van der Waals surface area contributed by atoms with E-state index in [0.29, 0.717) is 17.3 Å². The summed E-state index contributed by atoms with van der Waals surface area (Å²) in [5.74, 6) is 0.654. The van der Waals surface area contributed by atoms with Gasteiger partial charge in [0.05, 0.1) is 18.8 Å². The van der Waals surface area contributed by atoms with Gasteiger partial charge in [0.15, 0.2) is 0 Å². The summed E-state index contributed by atoms with van der Waals surface area (Å²) < 4.78 is 5.81. The Bertz CT molecular complexity index is 779. The Kier molecular flexibility index (Phi) is 4.53. The van der Waals surface area contributed by atoms with Crippen molar-refractivity contribution in [3.05, 3.63) is 47.0 Å². The van der Waals surface area contributed by atoms with Crippen molar-refractivity contribution in [1.82, 2.24) is 0 Å². The molecule has 3 N–H and O–H groups in total. The van der Waals surface area contributed by atoms with Gasteiger partial charge in [-0.2, -0.15) is 0 Å². The fourth-order valence-corrected chi connectivity index (χ4v) is 3.05. The normalized spacial score (nSPS) is 16.3. The van der Waals surface area contributed by atoms with Crippen LogP contribution in [0.2, 0.25) is 5.02 Å². The van der Waals surface area contributed by atoms with Crippen molar-refractivity contribution in [1.29, 1.82) is 0 Å². The second kappa shape index (κ2) is 6.61. The lowest BCUT2D eigenvalue weighted by Crippen LogP contribution is -2.42. The SMILES string of the molecule is Cc1cc(Cl)ccc1NC(=O)CN1CC(C)Oc2ccc(N)cc21. The molecule has 5 nitrogen and oxygen atoms in total. The lowest BCUT2D eigenvalue weighted by molar-refractivity contribution is -0.115. The largest absolute Gasteiger partial charge is 0.487 e. The van der Waals surface area contributed by atoms with Crippen LogP contribution in [0.5, 0.6) is 5.75 Å². The monoisotopic (exact) mass is 345 g/mol. The van der Waals surface area contributed by atoms with Crippen LogP contribution in [0.15, 0.2) is 36.4 Å². The van der Waals surface area contributed by atoms with E-state index in [0.717, 1.165) is 22.7 Å². The molecule has 1 unspecified atom stereocenters. The molecule has 1 aliphatic heterocycles. The number of hydrogen-bond acceptors (Lipinski definition) is 4. The zero-order chi connectivity index (χ0) is 17.3. The number of rotatable bonds is 3. The molecule has 2 aromatic rings. The van der Waals surface area contributed by atoms with Crippen LogP contribution in [0.1, 0.15) is 12.5 Å². The van der Waals surface area contributed by atoms with Crippen molar-refractivity contribution < 1.29 is 9.53 Å². The molecule has 3 rings (SSSR count). The number of amides is 1. The molecule has 0 aliphatic carbocycles. The number of ether oxygens (including phenoxy) is 1. The van der Waals surface area contributed by atoms with Crippen molar-refractivity contribution in [2.24, 2.45) is 0 Å². The first-order valence-corrected chi connectivity index (χ1v) is 8.17. The third-order valence-corrected chi connectivity index (χ3v) is 4.16. The number of nitrogens with zero attached hydrogens (tertiary/aromatic N) is 1. The zero-order valence-electron chi connectivity index (χ0n) is 13.7. The van der Waals surface area contributed by atoms with Crippen LogP contribution in [0.4, 0.5) is 17.1 Å². The molecule has 126 valence electrons. The highest BCUT2D eigenvalue weighted by Crippen LogP contribution is 2.34. The van der Waals surface area contributed by atoms with Gasteiger partial charge in [0.1, 0.15) is 11.9 Å². The molecule has 24 heavy (non-hydrogen) atoms. The molecule has 0 bridgehead atoms. The Morgan fingerprint density at radius 2 is 2.17 bits per heavy atom. The summed E-state index contributed by atoms with van der Waals surface area (Å²) in [5, 5.41) is 3.58. The number of carbonyl (C=O) groups is 1. The number of nitrogens with two attached hydrogens (primary N) is 1. The van der Waals surface area contributed by atoms with Crippen molar-refractivity contribution in [3.63, 3.8) is 0 Å². The molecule has 1 heterocycles. The highest BCUT2D eigenvalue weighted by molar-refractivity contribution is 6.30. The number of nitrogen functional groups attached to an aromatic ring is 1. The second-order valence-corrected chi connectivity index (χ2v) is 6.48. The number of aryl methyl sites for hydroxylation is 1. The Morgan fingerprint density at radius 3 is 2.92 bits per heavy atom. The van der Waals surface area contributed by atoms with E-state index in [-0.39, 0.29) is 18.6 Å². The summed E-state index contributed by atoms with van der Waals surface area (Å²) in [6, 6.07) is 10.9. The summed E-state index contributed by atoms with van der Waals surface area (Å²) in [7, 11) is 0. The van der Waals surface area contributed by atoms with Crippen LogP contribution in [0, 0.1) is 6.92 Å². The Balaban J connectivity index is 1.76. The minimum atomic E-state index is -0.0945. The van der Waals surface area contributed by atoms with Crippen LogP contribution < -0.4 is 20.7 Å². The summed E-state index contributed by atoms with van der Waals surface area (Å²) in [4.78, 5) is 14.4. The first kappa shape index (κ1) is 16.5. The molecular weight excluding hydrogens is 326 g/mol. The van der Waals surface area contributed by atoms with Crippen LogP contribution in [-0.2, 0) is 4.79 Å². The average Bonchev–Trinajstić information content (AvgIpc) is 2.51. The van der Waals surface area contributed by atoms with Crippen LogP contribution >= 0.6 is 11.6 Å². The van der Waals surface area contributed by atoms with Crippen LogP contribution in [0.25, 0.3) is 0 Å². The number of anilines is 3. The lowest BCUT2D eigenvalue weighted by Gasteiger charge is -2.34. The molecule has 6 heteroatoms. The van der Waals surface area contributed by atoms with Gasteiger partial charge < -0.3 is 20.7 Å². The number of benzene rings is 2. The average molecular weight is 346 g/mol.